The van der Waals surface area contributed by atoms with E-state index in [1.807, 2.05) is 12.3 Å². The Hall–Kier alpha value is -3.28. The summed E-state index contributed by atoms with van der Waals surface area (Å²) in [6.07, 6.45) is 1.87. The van der Waals surface area contributed by atoms with E-state index < -0.39 is 0 Å². The molecule has 2 aromatic carbocycles. The summed E-state index contributed by atoms with van der Waals surface area (Å²) in [6.45, 7) is 4.99. The summed E-state index contributed by atoms with van der Waals surface area (Å²) < 4.78 is 0. The van der Waals surface area contributed by atoms with Crippen molar-refractivity contribution < 1.29 is 0 Å². The van der Waals surface area contributed by atoms with Gasteiger partial charge in [-0.3, -0.25) is 0 Å². The number of nitrogens with zero attached hydrogens (tertiary/aromatic N) is 2. The Bertz CT molecular complexity index is 1350. The molecule has 3 nitrogen and oxygen atoms in total. The first-order valence-electron chi connectivity index (χ1n) is 10.5. The maximum absolute atomic E-state index is 5.09. The number of anilines is 1. The smallest absolute Gasteiger partial charge is 0.134 e. The van der Waals surface area contributed by atoms with Crippen molar-refractivity contribution in [2.45, 2.75) is 20.4 Å². The number of nitrogens with one attached hydrogen (secondary N) is 1. The largest absolute Gasteiger partial charge is 0.366 e. The zero-order valence-electron chi connectivity index (χ0n) is 18.0. The van der Waals surface area contributed by atoms with Gasteiger partial charge in [0.1, 0.15) is 10.8 Å². The van der Waals surface area contributed by atoms with Gasteiger partial charge in [0.15, 0.2) is 0 Å². The highest BCUT2D eigenvalue weighted by molar-refractivity contribution is 7.23. The van der Waals surface area contributed by atoms with Crippen LogP contribution in [-0.2, 0) is 6.54 Å². The topological polar surface area (TPSA) is 37.8 Å². The number of rotatable bonds is 6. The van der Waals surface area contributed by atoms with Crippen LogP contribution in [0, 0.1) is 13.8 Å². The second kappa shape index (κ2) is 9.07. The van der Waals surface area contributed by atoms with Gasteiger partial charge in [0.2, 0.25) is 0 Å². The monoisotopic (exact) mass is 453 g/mol. The van der Waals surface area contributed by atoms with Crippen molar-refractivity contribution in [3.05, 3.63) is 101 Å². The number of aromatic nitrogens is 2. The SMILES string of the molecule is Cc1cccc(-c2nc(-c3cc(C)cs3)sc2-c2ccnc(NCc3ccccc3)c2)c1. The molecule has 0 aliphatic heterocycles. The zero-order valence-corrected chi connectivity index (χ0v) is 19.6. The average Bonchev–Trinajstić information content (AvgIpc) is 3.45. The van der Waals surface area contributed by atoms with Crippen LogP contribution in [0.1, 0.15) is 16.7 Å². The van der Waals surface area contributed by atoms with Gasteiger partial charge in [0.25, 0.3) is 0 Å². The van der Waals surface area contributed by atoms with Crippen LogP contribution < -0.4 is 5.32 Å². The first-order valence-corrected chi connectivity index (χ1v) is 12.2. The van der Waals surface area contributed by atoms with Crippen molar-refractivity contribution in [1.82, 2.24) is 9.97 Å². The van der Waals surface area contributed by atoms with Gasteiger partial charge in [0.05, 0.1) is 15.4 Å². The molecule has 3 heterocycles. The minimum absolute atomic E-state index is 0.741. The molecule has 0 fully saturated rings. The van der Waals surface area contributed by atoms with Gasteiger partial charge in [-0.1, -0.05) is 54.1 Å². The quantitative estimate of drug-likeness (QED) is 0.285. The zero-order chi connectivity index (χ0) is 21.9. The normalized spacial score (nSPS) is 10.9. The molecule has 158 valence electrons. The molecular weight excluding hydrogens is 430 g/mol. The van der Waals surface area contributed by atoms with E-state index in [-0.39, 0.29) is 0 Å². The van der Waals surface area contributed by atoms with E-state index in [1.54, 1.807) is 22.7 Å². The number of thiophene rings is 1. The van der Waals surface area contributed by atoms with Gasteiger partial charge >= 0.3 is 0 Å². The predicted molar refractivity (Wildman–Crippen MR) is 137 cm³/mol. The van der Waals surface area contributed by atoms with Crippen LogP contribution in [0.3, 0.4) is 0 Å². The van der Waals surface area contributed by atoms with Crippen molar-refractivity contribution in [3.8, 4) is 31.6 Å². The lowest BCUT2D eigenvalue weighted by Crippen LogP contribution is -2.01. The Morgan fingerprint density at radius 2 is 1.72 bits per heavy atom. The molecule has 32 heavy (non-hydrogen) atoms. The van der Waals surface area contributed by atoms with Crippen LogP contribution in [-0.4, -0.2) is 9.97 Å². The maximum Gasteiger partial charge on any atom is 0.134 e. The fourth-order valence-electron chi connectivity index (χ4n) is 3.61. The van der Waals surface area contributed by atoms with Crippen molar-refractivity contribution in [2.75, 3.05) is 5.32 Å². The number of hydrogen-bond acceptors (Lipinski definition) is 5. The lowest BCUT2D eigenvalue weighted by atomic mass is 10.1. The van der Waals surface area contributed by atoms with Gasteiger partial charge in [-0.25, -0.2) is 9.97 Å². The molecule has 0 aliphatic rings. The van der Waals surface area contributed by atoms with E-state index in [2.05, 4.69) is 96.3 Å². The highest BCUT2D eigenvalue weighted by Crippen LogP contribution is 2.42. The molecule has 0 unspecified atom stereocenters. The molecule has 0 spiro atoms. The van der Waals surface area contributed by atoms with Crippen molar-refractivity contribution >= 4 is 28.5 Å². The maximum atomic E-state index is 5.09. The van der Waals surface area contributed by atoms with Crippen LogP contribution in [0.15, 0.2) is 84.4 Å². The molecule has 1 N–H and O–H groups in total. The molecule has 0 saturated heterocycles. The lowest BCUT2D eigenvalue weighted by molar-refractivity contribution is 1.11. The fraction of sp³-hybridized carbons (Fsp3) is 0.111. The molecule has 5 aromatic rings. The van der Waals surface area contributed by atoms with E-state index in [1.165, 1.54) is 26.4 Å². The minimum Gasteiger partial charge on any atom is -0.366 e. The van der Waals surface area contributed by atoms with Gasteiger partial charge in [0, 0.05) is 18.3 Å². The Morgan fingerprint density at radius 3 is 2.50 bits per heavy atom. The van der Waals surface area contributed by atoms with Crippen LogP contribution >= 0.6 is 22.7 Å². The Balaban J connectivity index is 1.54. The molecule has 0 bridgehead atoms. The highest BCUT2D eigenvalue weighted by atomic mass is 32.1. The number of thiazole rings is 1. The number of pyridine rings is 1. The third-order valence-electron chi connectivity index (χ3n) is 5.20. The van der Waals surface area contributed by atoms with E-state index in [0.29, 0.717) is 0 Å². The Labute approximate surface area is 196 Å². The molecule has 3 aromatic heterocycles. The molecule has 0 aliphatic carbocycles. The summed E-state index contributed by atoms with van der Waals surface area (Å²) >= 11 is 3.50. The molecule has 0 radical (unpaired) electrons. The lowest BCUT2D eigenvalue weighted by Gasteiger charge is -2.08. The second-order valence-corrected chi connectivity index (χ2v) is 9.73. The fourth-order valence-corrected chi connectivity index (χ4v) is 5.65. The number of aryl methyl sites for hydroxylation is 2. The standard InChI is InChI=1S/C27H23N3S2/c1-18-7-6-10-21(13-18)25-26(32-27(30-25)23-14-19(2)17-31-23)22-11-12-28-24(15-22)29-16-20-8-4-3-5-9-20/h3-15,17H,16H2,1-2H3,(H,28,29). The Kier molecular flexibility index (Phi) is 5.84. The van der Waals surface area contributed by atoms with Crippen LogP contribution in [0.2, 0.25) is 0 Å². The molecule has 0 atom stereocenters. The minimum atomic E-state index is 0.741. The van der Waals surface area contributed by atoms with Crippen LogP contribution in [0.5, 0.6) is 0 Å². The summed E-state index contributed by atoms with van der Waals surface area (Å²) in [4.78, 5) is 12.0. The van der Waals surface area contributed by atoms with Crippen molar-refractivity contribution in [3.63, 3.8) is 0 Å². The summed E-state index contributed by atoms with van der Waals surface area (Å²) in [5, 5.41) is 6.70. The van der Waals surface area contributed by atoms with Crippen molar-refractivity contribution in [1.29, 1.82) is 0 Å². The van der Waals surface area contributed by atoms with Crippen molar-refractivity contribution in [2.24, 2.45) is 0 Å². The summed E-state index contributed by atoms with van der Waals surface area (Å²) in [7, 11) is 0. The number of hydrogen-bond donors (Lipinski definition) is 1. The van der Waals surface area contributed by atoms with E-state index in [0.717, 1.165) is 34.2 Å². The average molecular weight is 454 g/mol. The third-order valence-corrected chi connectivity index (χ3v) is 7.52. The van der Waals surface area contributed by atoms with E-state index in [9.17, 15) is 0 Å². The molecular formula is C27H23N3S2. The summed E-state index contributed by atoms with van der Waals surface area (Å²) in [5.41, 5.74) is 7.04. The van der Waals surface area contributed by atoms with E-state index >= 15 is 0 Å². The van der Waals surface area contributed by atoms with Gasteiger partial charge in [-0.15, -0.1) is 22.7 Å². The molecule has 5 rings (SSSR count). The molecule has 0 amide bonds. The van der Waals surface area contributed by atoms with Gasteiger partial charge in [-0.05, 0) is 60.2 Å². The summed E-state index contributed by atoms with van der Waals surface area (Å²) in [6, 6.07) is 25.4. The molecule has 0 saturated carbocycles. The summed E-state index contributed by atoms with van der Waals surface area (Å²) in [5.74, 6) is 0.864. The predicted octanol–water partition coefficient (Wildman–Crippen LogP) is 7.83. The van der Waals surface area contributed by atoms with Gasteiger partial charge in [-0.2, -0.15) is 0 Å². The first kappa shape index (κ1) is 20.6. The second-order valence-electron chi connectivity index (χ2n) is 7.82. The first-order chi connectivity index (χ1) is 15.7. The van der Waals surface area contributed by atoms with E-state index in [4.69, 9.17) is 4.98 Å². The Morgan fingerprint density at radius 1 is 0.844 bits per heavy atom. The van der Waals surface area contributed by atoms with Crippen LogP contribution in [0.25, 0.3) is 31.6 Å². The van der Waals surface area contributed by atoms with Gasteiger partial charge < -0.3 is 5.32 Å². The van der Waals surface area contributed by atoms with Crippen LogP contribution in [0.4, 0.5) is 5.82 Å². The molecule has 5 heteroatoms. The number of benzene rings is 2. The third kappa shape index (κ3) is 4.49. The highest BCUT2D eigenvalue weighted by Gasteiger charge is 2.17.